The summed E-state index contributed by atoms with van der Waals surface area (Å²) in [6.45, 7) is 3.61. The van der Waals surface area contributed by atoms with E-state index in [9.17, 15) is 18.6 Å². The molecule has 0 aliphatic carbocycles. The fraction of sp³-hybridized carbons (Fsp3) is 0.478. The maximum atomic E-state index is 12.8. The van der Waals surface area contributed by atoms with Gasteiger partial charge in [-0.3, -0.25) is 4.90 Å². The van der Waals surface area contributed by atoms with Crippen molar-refractivity contribution in [3.05, 3.63) is 65.7 Å². The summed E-state index contributed by atoms with van der Waals surface area (Å²) in [5.74, 6) is 0. The Balaban J connectivity index is 1.34. The number of nitrogens with one attached hydrogen (secondary N) is 1. The molecule has 2 aliphatic heterocycles. The van der Waals surface area contributed by atoms with Gasteiger partial charge in [0.25, 0.3) is 0 Å². The molecule has 0 spiro atoms. The summed E-state index contributed by atoms with van der Waals surface area (Å²) in [5.41, 5.74) is 0.831. The van der Waals surface area contributed by atoms with Crippen LogP contribution in [0.5, 0.6) is 0 Å². The fourth-order valence-electron chi connectivity index (χ4n) is 4.40. The predicted octanol–water partition coefficient (Wildman–Crippen LogP) is 1.17. The van der Waals surface area contributed by atoms with E-state index in [-0.39, 0.29) is 24.5 Å². The highest BCUT2D eigenvalue weighted by Gasteiger charge is 2.48. The molecular formula is C23H31N3O4S. The Hall–Kier alpha value is -1.81. The molecule has 0 radical (unpaired) electrons. The first-order chi connectivity index (χ1) is 14.9. The van der Waals surface area contributed by atoms with Crippen molar-refractivity contribution in [1.82, 2.24) is 14.5 Å². The topological polar surface area (TPSA) is 93.1 Å². The number of aliphatic hydroxyl groups excluding tert-OH is 1. The zero-order chi connectivity index (χ0) is 21.9. The van der Waals surface area contributed by atoms with Gasteiger partial charge in [0, 0.05) is 32.7 Å². The van der Waals surface area contributed by atoms with Crippen molar-refractivity contribution < 1.29 is 18.6 Å². The van der Waals surface area contributed by atoms with Gasteiger partial charge in [-0.25, -0.2) is 8.42 Å². The van der Waals surface area contributed by atoms with E-state index in [2.05, 4.69) is 22.3 Å². The van der Waals surface area contributed by atoms with Crippen LogP contribution in [0.3, 0.4) is 0 Å². The van der Waals surface area contributed by atoms with Gasteiger partial charge in [-0.15, -0.1) is 0 Å². The minimum absolute atomic E-state index is 0.103. The van der Waals surface area contributed by atoms with E-state index in [4.69, 9.17) is 0 Å². The molecule has 168 valence electrons. The smallest absolute Gasteiger partial charge is 0.243 e. The number of benzene rings is 2. The summed E-state index contributed by atoms with van der Waals surface area (Å²) in [4.78, 5) is 2.61. The van der Waals surface area contributed by atoms with Gasteiger partial charge in [-0.2, -0.15) is 4.31 Å². The van der Waals surface area contributed by atoms with Gasteiger partial charge in [0.1, 0.15) is 5.60 Å². The van der Waals surface area contributed by atoms with E-state index in [1.165, 1.54) is 30.5 Å². The maximum Gasteiger partial charge on any atom is 0.243 e. The number of sulfonamides is 1. The first-order valence-electron chi connectivity index (χ1n) is 10.8. The SMILES string of the molecule is O=S(=O)(c1ccccc1)N1C[C@@H](O)[C@](O)(CNCc2cccc(CN3CCCC3)c2)C1. The van der Waals surface area contributed by atoms with Crippen LogP contribution < -0.4 is 5.32 Å². The van der Waals surface area contributed by atoms with Crippen molar-refractivity contribution in [3.8, 4) is 0 Å². The third kappa shape index (κ3) is 5.16. The molecule has 4 rings (SSSR count). The molecule has 2 heterocycles. The molecule has 2 fully saturated rings. The zero-order valence-electron chi connectivity index (χ0n) is 17.7. The summed E-state index contributed by atoms with van der Waals surface area (Å²) < 4.78 is 26.8. The highest BCUT2D eigenvalue weighted by molar-refractivity contribution is 7.89. The first-order valence-corrected chi connectivity index (χ1v) is 12.3. The standard InChI is InChI=1S/C23H31N3O4S/c27-22-16-26(31(29,30)21-9-2-1-3-10-21)18-23(22,28)17-24-14-19-7-6-8-20(13-19)15-25-11-4-5-12-25/h1-3,6-10,13,22,24,27-28H,4-5,11-12,14-18H2/t22-,23+/m1/s1. The molecule has 31 heavy (non-hydrogen) atoms. The van der Waals surface area contributed by atoms with E-state index in [0.717, 1.165) is 29.5 Å². The Morgan fingerprint density at radius 1 is 1.03 bits per heavy atom. The van der Waals surface area contributed by atoms with Crippen molar-refractivity contribution in [2.75, 3.05) is 32.7 Å². The fourth-order valence-corrected chi connectivity index (χ4v) is 5.93. The Bertz CT molecular complexity index is 979. The third-order valence-corrected chi connectivity index (χ3v) is 8.01. The lowest BCUT2D eigenvalue weighted by atomic mass is 10.0. The molecular weight excluding hydrogens is 414 g/mol. The molecule has 0 aromatic heterocycles. The molecule has 2 saturated heterocycles. The number of hydrogen-bond donors (Lipinski definition) is 3. The van der Waals surface area contributed by atoms with Crippen LogP contribution in [0.1, 0.15) is 24.0 Å². The monoisotopic (exact) mass is 445 g/mol. The van der Waals surface area contributed by atoms with Crippen LogP contribution in [-0.4, -0.2) is 72.3 Å². The number of likely N-dealkylation sites (tertiary alicyclic amines) is 1. The molecule has 0 bridgehead atoms. The van der Waals surface area contributed by atoms with Crippen LogP contribution in [0.2, 0.25) is 0 Å². The highest BCUT2D eigenvalue weighted by Crippen LogP contribution is 2.27. The summed E-state index contributed by atoms with van der Waals surface area (Å²) in [5, 5.41) is 24.6. The molecule has 2 aromatic rings. The van der Waals surface area contributed by atoms with Crippen LogP contribution in [0.4, 0.5) is 0 Å². The lowest BCUT2D eigenvalue weighted by Gasteiger charge is -2.26. The Morgan fingerprint density at radius 2 is 1.74 bits per heavy atom. The average Bonchev–Trinajstić information content (AvgIpc) is 3.37. The molecule has 7 nitrogen and oxygen atoms in total. The average molecular weight is 446 g/mol. The van der Waals surface area contributed by atoms with Crippen LogP contribution in [0.25, 0.3) is 0 Å². The van der Waals surface area contributed by atoms with E-state index in [1.807, 2.05) is 12.1 Å². The van der Waals surface area contributed by atoms with Gasteiger partial charge in [0.15, 0.2) is 0 Å². The lowest BCUT2D eigenvalue weighted by molar-refractivity contribution is -0.0384. The van der Waals surface area contributed by atoms with Gasteiger partial charge in [0.2, 0.25) is 10.0 Å². The maximum absolute atomic E-state index is 12.8. The van der Waals surface area contributed by atoms with Crippen molar-refractivity contribution in [3.63, 3.8) is 0 Å². The normalized spacial score (nSPS) is 25.3. The molecule has 2 aliphatic rings. The molecule has 0 amide bonds. The summed E-state index contributed by atoms with van der Waals surface area (Å²) in [6.07, 6.45) is 1.37. The number of hydrogen-bond acceptors (Lipinski definition) is 6. The van der Waals surface area contributed by atoms with Gasteiger partial charge >= 0.3 is 0 Å². The second kappa shape index (κ2) is 9.36. The highest BCUT2D eigenvalue weighted by atomic mass is 32.2. The van der Waals surface area contributed by atoms with E-state index < -0.39 is 21.7 Å². The Kier molecular flexibility index (Phi) is 6.76. The van der Waals surface area contributed by atoms with Gasteiger partial charge in [0.05, 0.1) is 11.0 Å². The summed E-state index contributed by atoms with van der Waals surface area (Å²) in [6, 6.07) is 16.5. The molecule has 0 saturated carbocycles. The minimum Gasteiger partial charge on any atom is -0.389 e. The number of aliphatic hydroxyl groups is 2. The van der Waals surface area contributed by atoms with E-state index >= 15 is 0 Å². The zero-order valence-corrected chi connectivity index (χ0v) is 18.5. The largest absolute Gasteiger partial charge is 0.389 e. The number of nitrogens with zero attached hydrogens (tertiary/aromatic N) is 2. The summed E-state index contributed by atoms with van der Waals surface area (Å²) >= 11 is 0. The van der Waals surface area contributed by atoms with Gasteiger partial charge in [-0.05, 0) is 49.2 Å². The predicted molar refractivity (Wildman–Crippen MR) is 119 cm³/mol. The Labute approximate surface area is 184 Å². The molecule has 2 atom stereocenters. The quantitative estimate of drug-likeness (QED) is 0.565. The van der Waals surface area contributed by atoms with Crippen LogP contribution in [-0.2, 0) is 23.1 Å². The Morgan fingerprint density at radius 3 is 2.48 bits per heavy atom. The van der Waals surface area contributed by atoms with Crippen molar-refractivity contribution >= 4 is 10.0 Å². The third-order valence-electron chi connectivity index (χ3n) is 6.18. The second-order valence-corrected chi connectivity index (χ2v) is 10.6. The van der Waals surface area contributed by atoms with Crippen molar-refractivity contribution in [2.45, 2.75) is 42.5 Å². The molecule has 8 heteroatoms. The minimum atomic E-state index is -3.76. The van der Waals surface area contributed by atoms with Crippen LogP contribution in [0.15, 0.2) is 59.5 Å². The van der Waals surface area contributed by atoms with Crippen molar-refractivity contribution in [1.29, 1.82) is 0 Å². The van der Waals surface area contributed by atoms with Crippen molar-refractivity contribution in [2.24, 2.45) is 0 Å². The first kappa shape index (κ1) is 22.4. The van der Waals surface area contributed by atoms with E-state index in [1.54, 1.807) is 18.2 Å². The lowest BCUT2D eigenvalue weighted by Crippen LogP contribution is -2.50. The summed E-state index contributed by atoms with van der Waals surface area (Å²) in [7, 11) is -3.76. The molecule has 0 unspecified atom stereocenters. The van der Waals surface area contributed by atoms with Gasteiger partial charge < -0.3 is 15.5 Å². The molecule has 3 N–H and O–H groups in total. The number of β-amino-alcohol motifs (C(OH)–C–C–N with tert-alkyl or cyclic N) is 2. The van der Waals surface area contributed by atoms with Gasteiger partial charge in [-0.1, -0.05) is 42.5 Å². The second-order valence-electron chi connectivity index (χ2n) is 8.64. The van der Waals surface area contributed by atoms with E-state index in [0.29, 0.717) is 6.54 Å². The van der Waals surface area contributed by atoms with Crippen LogP contribution in [0, 0.1) is 0 Å². The van der Waals surface area contributed by atoms with Crippen LogP contribution >= 0.6 is 0 Å². The number of rotatable bonds is 8. The molecule has 2 aromatic carbocycles.